The van der Waals surface area contributed by atoms with Gasteiger partial charge in [0.2, 0.25) is 0 Å². The highest BCUT2D eigenvalue weighted by Crippen LogP contribution is 2.20. The molecule has 4 heteroatoms. The van der Waals surface area contributed by atoms with Crippen molar-refractivity contribution in [3.05, 3.63) is 58.6 Å². The summed E-state index contributed by atoms with van der Waals surface area (Å²) in [6, 6.07) is 9.93. The molecule has 3 aromatic rings. The van der Waals surface area contributed by atoms with E-state index in [1.54, 1.807) is 0 Å². The first-order chi connectivity index (χ1) is 10.7. The number of nitrogens with zero attached hydrogens (tertiary/aromatic N) is 2. The van der Waals surface area contributed by atoms with Gasteiger partial charge in [-0.05, 0) is 36.1 Å². The maximum Gasteiger partial charge on any atom is 0.173 e. The van der Waals surface area contributed by atoms with E-state index < -0.39 is 0 Å². The van der Waals surface area contributed by atoms with Crippen LogP contribution >= 0.6 is 11.3 Å². The highest BCUT2D eigenvalue weighted by atomic mass is 32.1. The van der Waals surface area contributed by atoms with Gasteiger partial charge in [0.25, 0.3) is 0 Å². The summed E-state index contributed by atoms with van der Waals surface area (Å²) in [6.45, 7) is 6.77. The van der Waals surface area contributed by atoms with Crippen molar-refractivity contribution in [2.45, 2.75) is 26.3 Å². The fourth-order valence-electron chi connectivity index (χ4n) is 2.65. The van der Waals surface area contributed by atoms with E-state index in [1.807, 2.05) is 35.7 Å². The molecule has 2 heterocycles. The summed E-state index contributed by atoms with van der Waals surface area (Å²) in [7, 11) is 0. The lowest BCUT2D eigenvalue weighted by Gasteiger charge is -2.05. The van der Waals surface area contributed by atoms with Crippen LogP contribution < -0.4 is 0 Å². The molecule has 1 aromatic carbocycles. The first kappa shape index (κ1) is 14.7. The summed E-state index contributed by atoms with van der Waals surface area (Å²) in [6.07, 6.45) is 3.01. The number of hydrogen-bond donors (Lipinski definition) is 0. The zero-order valence-corrected chi connectivity index (χ0v) is 13.4. The van der Waals surface area contributed by atoms with Crippen LogP contribution in [-0.4, -0.2) is 15.3 Å². The van der Waals surface area contributed by atoms with Gasteiger partial charge in [0, 0.05) is 19.4 Å². The first-order valence-electron chi connectivity index (χ1n) is 7.41. The molecule has 0 saturated heterocycles. The zero-order valence-electron chi connectivity index (χ0n) is 12.6. The van der Waals surface area contributed by atoms with Gasteiger partial charge in [-0.15, -0.1) is 11.3 Å². The van der Waals surface area contributed by atoms with Crippen molar-refractivity contribution in [2.75, 3.05) is 0 Å². The van der Waals surface area contributed by atoms with Gasteiger partial charge in [-0.3, -0.25) is 4.79 Å². The fourth-order valence-corrected chi connectivity index (χ4v) is 3.34. The quantitative estimate of drug-likeness (QED) is 0.625. The Morgan fingerprint density at radius 1 is 1.41 bits per heavy atom. The van der Waals surface area contributed by atoms with Gasteiger partial charge in [0.05, 0.1) is 15.9 Å². The monoisotopic (exact) mass is 310 g/mol. The third-order valence-corrected chi connectivity index (χ3v) is 4.69. The van der Waals surface area contributed by atoms with Crippen molar-refractivity contribution < 1.29 is 4.79 Å². The number of thiophene rings is 1. The number of fused-ring (bicyclic) bond motifs is 1. The van der Waals surface area contributed by atoms with Gasteiger partial charge >= 0.3 is 0 Å². The van der Waals surface area contributed by atoms with E-state index >= 15 is 0 Å². The molecule has 0 spiro atoms. The Bertz CT molecular complexity index is 815. The van der Waals surface area contributed by atoms with E-state index in [1.165, 1.54) is 11.3 Å². The number of aryl methyl sites for hydroxylation is 2. The van der Waals surface area contributed by atoms with Crippen LogP contribution in [0.3, 0.4) is 0 Å². The zero-order chi connectivity index (χ0) is 15.5. The standard InChI is InChI=1S/C18H18N2OS/c1-3-13-7-8-14-15(12-13)20(4-2)18(19-14)10-9-16(21)17-6-5-11-22-17/h3,5-8,11-12H,1,4,9-10H2,2H3. The molecule has 3 rings (SSSR count). The number of carbonyl (C=O) groups is 1. The van der Waals surface area contributed by atoms with Crippen molar-refractivity contribution >= 4 is 34.2 Å². The van der Waals surface area contributed by atoms with Gasteiger partial charge in [-0.1, -0.05) is 24.8 Å². The van der Waals surface area contributed by atoms with Crippen LogP contribution in [0.4, 0.5) is 0 Å². The number of aromatic nitrogens is 2. The molecule has 0 aliphatic heterocycles. The number of benzene rings is 1. The van der Waals surface area contributed by atoms with Crippen LogP contribution in [0, 0.1) is 0 Å². The van der Waals surface area contributed by atoms with Crippen LogP contribution in [0.25, 0.3) is 17.1 Å². The van der Waals surface area contributed by atoms with Crippen molar-refractivity contribution in [2.24, 2.45) is 0 Å². The molecule has 0 aliphatic carbocycles. The minimum Gasteiger partial charge on any atom is -0.328 e. The van der Waals surface area contributed by atoms with E-state index in [4.69, 9.17) is 4.98 Å². The molecule has 0 atom stereocenters. The third kappa shape index (κ3) is 2.74. The summed E-state index contributed by atoms with van der Waals surface area (Å²) in [5.41, 5.74) is 3.17. The van der Waals surface area contributed by atoms with Crippen LogP contribution in [0.1, 0.15) is 34.4 Å². The number of carbonyl (C=O) groups excluding carboxylic acids is 1. The van der Waals surface area contributed by atoms with Gasteiger partial charge in [0.15, 0.2) is 5.78 Å². The Hall–Kier alpha value is -2.20. The molecule has 0 bridgehead atoms. The van der Waals surface area contributed by atoms with E-state index in [-0.39, 0.29) is 5.78 Å². The highest BCUT2D eigenvalue weighted by molar-refractivity contribution is 7.12. The van der Waals surface area contributed by atoms with Gasteiger partial charge in [-0.2, -0.15) is 0 Å². The molecule has 0 saturated carbocycles. The second-order valence-corrected chi connectivity index (χ2v) is 6.07. The van der Waals surface area contributed by atoms with Crippen molar-refractivity contribution in [1.29, 1.82) is 0 Å². The Morgan fingerprint density at radius 3 is 2.95 bits per heavy atom. The first-order valence-corrected chi connectivity index (χ1v) is 8.29. The predicted molar refractivity (Wildman–Crippen MR) is 92.5 cm³/mol. The Kier molecular flexibility index (Phi) is 4.20. The molecule has 0 radical (unpaired) electrons. The van der Waals surface area contributed by atoms with Crippen molar-refractivity contribution in [1.82, 2.24) is 9.55 Å². The maximum atomic E-state index is 12.2. The van der Waals surface area contributed by atoms with Crippen LogP contribution in [0.15, 0.2) is 42.3 Å². The molecule has 0 N–H and O–H groups in total. The molecule has 22 heavy (non-hydrogen) atoms. The SMILES string of the molecule is C=Cc1ccc2nc(CCC(=O)c3cccs3)n(CC)c2c1. The summed E-state index contributed by atoms with van der Waals surface area (Å²) in [5, 5.41) is 1.94. The summed E-state index contributed by atoms with van der Waals surface area (Å²) in [4.78, 5) is 17.7. The van der Waals surface area contributed by atoms with Crippen molar-refractivity contribution in [3.8, 4) is 0 Å². The van der Waals surface area contributed by atoms with E-state index in [0.717, 1.165) is 33.8 Å². The minimum atomic E-state index is 0.191. The third-order valence-electron chi connectivity index (χ3n) is 3.77. The molecular formula is C18H18N2OS. The Morgan fingerprint density at radius 2 is 2.27 bits per heavy atom. The number of Topliss-reactive ketones (excluding diaryl/α,β-unsaturated/α-hetero) is 1. The van der Waals surface area contributed by atoms with E-state index in [9.17, 15) is 4.79 Å². The molecule has 0 fully saturated rings. The Labute approximate surface area is 133 Å². The molecule has 3 nitrogen and oxygen atoms in total. The largest absolute Gasteiger partial charge is 0.328 e. The van der Waals surface area contributed by atoms with Crippen LogP contribution in [-0.2, 0) is 13.0 Å². The number of imidazole rings is 1. The molecule has 0 amide bonds. The minimum absolute atomic E-state index is 0.191. The molecular weight excluding hydrogens is 292 g/mol. The van der Waals surface area contributed by atoms with Gasteiger partial charge < -0.3 is 4.57 Å². The smallest absolute Gasteiger partial charge is 0.173 e. The maximum absolute atomic E-state index is 12.2. The number of rotatable bonds is 6. The second kappa shape index (κ2) is 6.28. The normalized spacial score (nSPS) is 11.0. The highest BCUT2D eigenvalue weighted by Gasteiger charge is 2.13. The predicted octanol–water partition coefficient (Wildman–Crippen LogP) is 4.58. The van der Waals surface area contributed by atoms with Crippen LogP contribution in [0.2, 0.25) is 0 Å². The van der Waals surface area contributed by atoms with Gasteiger partial charge in [-0.25, -0.2) is 4.98 Å². The average Bonchev–Trinajstić information content (AvgIpc) is 3.18. The van der Waals surface area contributed by atoms with Crippen LogP contribution in [0.5, 0.6) is 0 Å². The number of hydrogen-bond acceptors (Lipinski definition) is 3. The lowest BCUT2D eigenvalue weighted by molar-refractivity contribution is 0.0986. The van der Waals surface area contributed by atoms with E-state index in [2.05, 4.69) is 24.1 Å². The van der Waals surface area contributed by atoms with Gasteiger partial charge in [0.1, 0.15) is 5.82 Å². The number of ketones is 1. The molecule has 0 aliphatic rings. The molecule has 2 aromatic heterocycles. The molecule has 0 unspecified atom stereocenters. The van der Waals surface area contributed by atoms with E-state index in [0.29, 0.717) is 12.8 Å². The lowest BCUT2D eigenvalue weighted by atomic mass is 10.2. The molecule has 112 valence electrons. The second-order valence-electron chi connectivity index (χ2n) is 5.13. The summed E-state index contributed by atoms with van der Waals surface area (Å²) in [5.74, 6) is 1.17. The fraction of sp³-hybridized carbons (Fsp3) is 0.222. The van der Waals surface area contributed by atoms with Crippen molar-refractivity contribution in [3.63, 3.8) is 0 Å². The Balaban J connectivity index is 1.87. The lowest BCUT2D eigenvalue weighted by Crippen LogP contribution is -2.05. The summed E-state index contributed by atoms with van der Waals surface area (Å²) >= 11 is 1.50. The average molecular weight is 310 g/mol. The topological polar surface area (TPSA) is 34.9 Å². The summed E-state index contributed by atoms with van der Waals surface area (Å²) < 4.78 is 2.18.